The number of rotatable bonds is 7. The number of halogens is 3. The number of carbonyl (C=O) groups is 2. The van der Waals surface area contributed by atoms with E-state index in [0.29, 0.717) is 44.0 Å². The third-order valence-corrected chi connectivity index (χ3v) is 4.55. The molecule has 0 radical (unpaired) electrons. The SMILES string of the molecule is O=C(NCC(F)(F)F)C1CCCN1C(=O)Nc1cccc(COCc2ccco2)c1. The number of benzene rings is 1. The van der Waals surface area contributed by atoms with Crippen LogP contribution in [0.5, 0.6) is 0 Å². The fourth-order valence-corrected chi connectivity index (χ4v) is 3.19. The molecule has 2 aromatic rings. The molecule has 1 aromatic carbocycles. The average Bonchev–Trinajstić information content (AvgIpc) is 3.38. The van der Waals surface area contributed by atoms with E-state index < -0.39 is 30.7 Å². The lowest BCUT2D eigenvalue weighted by Crippen LogP contribution is -2.49. The van der Waals surface area contributed by atoms with E-state index in [-0.39, 0.29) is 0 Å². The van der Waals surface area contributed by atoms with Crippen LogP contribution in [0.2, 0.25) is 0 Å². The van der Waals surface area contributed by atoms with Crippen LogP contribution in [-0.4, -0.2) is 42.1 Å². The van der Waals surface area contributed by atoms with Gasteiger partial charge in [0, 0.05) is 12.2 Å². The van der Waals surface area contributed by atoms with Crippen molar-refractivity contribution in [2.75, 3.05) is 18.4 Å². The molecule has 0 saturated carbocycles. The number of likely N-dealkylation sites (tertiary alicyclic amines) is 1. The first kappa shape index (κ1) is 21.7. The summed E-state index contributed by atoms with van der Waals surface area (Å²) < 4.78 is 47.7. The molecular formula is C20H22F3N3O4. The molecule has 3 amide bonds. The molecule has 1 unspecified atom stereocenters. The third kappa shape index (κ3) is 6.24. The fraction of sp³-hybridized carbons (Fsp3) is 0.400. The predicted octanol–water partition coefficient (Wildman–Crippen LogP) is 3.67. The summed E-state index contributed by atoms with van der Waals surface area (Å²) in [5.41, 5.74) is 1.32. The Bertz CT molecular complexity index is 855. The Morgan fingerprint density at radius 2 is 2.03 bits per heavy atom. The number of furan rings is 1. The van der Waals surface area contributed by atoms with Gasteiger partial charge >= 0.3 is 12.2 Å². The van der Waals surface area contributed by atoms with E-state index >= 15 is 0 Å². The normalized spacial score (nSPS) is 16.5. The molecule has 1 aliphatic heterocycles. The summed E-state index contributed by atoms with van der Waals surface area (Å²) >= 11 is 0. The highest BCUT2D eigenvalue weighted by Gasteiger charge is 2.36. The fourth-order valence-electron chi connectivity index (χ4n) is 3.19. The van der Waals surface area contributed by atoms with Crippen LogP contribution in [0.25, 0.3) is 0 Å². The maximum atomic E-state index is 12.6. The van der Waals surface area contributed by atoms with Crippen molar-refractivity contribution >= 4 is 17.6 Å². The van der Waals surface area contributed by atoms with Crippen LogP contribution in [0.4, 0.5) is 23.7 Å². The van der Waals surface area contributed by atoms with Crippen molar-refractivity contribution in [1.82, 2.24) is 10.2 Å². The molecule has 0 aliphatic carbocycles. The van der Waals surface area contributed by atoms with Crippen LogP contribution in [0.1, 0.15) is 24.2 Å². The van der Waals surface area contributed by atoms with E-state index in [1.807, 2.05) is 11.4 Å². The highest BCUT2D eigenvalue weighted by Crippen LogP contribution is 2.21. The van der Waals surface area contributed by atoms with Crippen LogP contribution in [-0.2, 0) is 22.7 Å². The number of amides is 3. The molecule has 162 valence electrons. The quantitative estimate of drug-likeness (QED) is 0.709. The first-order chi connectivity index (χ1) is 14.3. The van der Waals surface area contributed by atoms with E-state index in [4.69, 9.17) is 9.15 Å². The maximum Gasteiger partial charge on any atom is 0.405 e. The molecule has 10 heteroatoms. The van der Waals surface area contributed by atoms with Crippen LogP contribution >= 0.6 is 0 Å². The van der Waals surface area contributed by atoms with Crippen LogP contribution in [0.3, 0.4) is 0 Å². The summed E-state index contributed by atoms with van der Waals surface area (Å²) in [7, 11) is 0. The lowest BCUT2D eigenvalue weighted by molar-refractivity contribution is -0.140. The van der Waals surface area contributed by atoms with Gasteiger partial charge in [-0.05, 0) is 42.7 Å². The zero-order valence-electron chi connectivity index (χ0n) is 16.1. The van der Waals surface area contributed by atoms with E-state index in [2.05, 4.69) is 5.32 Å². The second kappa shape index (κ2) is 9.66. The largest absolute Gasteiger partial charge is 0.467 e. The summed E-state index contributed by atoms with van der Waals surface area (Å²) in [6.07, 6.45) is -2.08. The van der Waals surface area contributed by atoms with Crippen molar-refractivity contribution in [2.45, 2.75) is 38.3 Å². The lowest BCUT2D eigenvalue weighted by atomic mass is 10.2. The van der Waals surface area contributed by atoms with E-state index in [1.165, 1.54) is 4.90 Å². The van der Waals surface area contributed by atoms with E-state index in [1.54, 1.807) is 36.6 Å². The number of hydrogen-bond acceptors (Lipinski definition) is 4. The molecule has 0 bridgehead atoms. The molecule has 1 fully saturated rings. The summed E-state index contributed by atoms with van der Waals surface area (Å²) in [6.45, 7) is -0.511. The topological polar surface area (TPSA) is 83.8 Å². The Hall–Kier alpha value is -3.01. The Kier molecular flexibility index (Phi) is 6.99. The first-order valence-electron chi connectivity index (χ1n) is 9.43. The van der Waals surface area contributed by atoms with Crippen molar-refractivity contribution < 1.29 is 31.9 Å². The number of nitrogens with one attached hydrogen (secondary N) is 2. The average molecular weight is 425 g/mol. The number of alkyl halides is 3. The van der Waals surface area contributed by atoms with Gasteiger partial charge in [0.05, 0.1) is 12.9 Å². The van der Waals surface area contributed by atoms with Gasteiger partial charge in [-0.25, -0.2) is 4.79 Å². The van der Waals surface area contributed by atoms with Crippen LogP contribution in [0.15, 0.2) is 47.1 Å². The molecule has 1 aromatic heterocycles. The van der Waals surface area contributed by atoms with Crippen molar-refractivity contribution in [3.8, 4) is 0 Å². The Morgan fingerprint density at radius 3 is 2.77 bits per heavy atom. The highest BCUT2D eigenvalue weighted by molar-refractivity contribution is 5.94. The minimum atomic E-state index is -4.50. The molecule has 1 aliphatic rings. The number of anilines is 1. The summed E-state index contributed by atoms with van der Waals surface area (Å²) in [6, 6.07) is 9.11. The standard InChI is InChI=1S/C20H22F3N3O4/c21-20(22,23)13-24-18(27)17-7-2-8-26(17)19(28)25-15-5-1-4-14(10-15)11-29-12-16-6-3-9-30-16/h1,3-6,9-10,17H,2,7-8,11-13H2,(H,24,27)(H,25,28). The second-order valence-corrected chi connectivity index (χ2v) is 6.89. The third-order valence-electron chi connectivity index (χ3n) is 4.55. The van der Waals surface area contributed by atoms with Crippen molar-refractivity contribution in [2.24, 2.45) is 0 Å². The molecule has 0 spiro atoms. The number of nitrogens with zero attached hydrogens (tertiary/aromatic N) is 1. The van der Waals surface area contributed by atoms with Gasteiger partial charge in [0.1, 0.15) is 25.0 Å². The first-order valence-corrected chi connectivity index (χ1v) is 9.43. The van der Waals surface area contributed by atoms with Gasteiger partial charge in [-0.3, -0.25) is 4.79 Å². The minimum absolute atomic E-state index is 0.294. The smallest absolute Gasteiger partial charge is 0.405 e. The van der Waals surface area contributed by atoms with Gasteiger partial charge in [-0.1, -0.05) is 12.1 Å². The number of ether oxygens (including phenoxy) is 1. The summed E-state index contributed by atoms with van der Waals surface area (Å²) in [4.78, 5) is 25.9. The minimum Gasteiger partial charge on any atom is -0.467 e. The maximum absolute atomic E-state index is 12.6. The zero-order valence-corrected chi connectivity index (χ0v) is 16.1. The molecule has 7 nitrogen and oxygen atoms in total. The van der Waals surface area contributed by atoms with Crippen LogP contribution in [0, 0.1) is 0 Å². The number of carbonyl (C=O) groups excluding carboxylic acids is 2. The zero-order chi connectivity index (χ0) is 21.6. The van der Waals surface area contributed by atoms with E-state index in [0.717, 1.165) is 5.56 Å². The summed E-state index contributed by atoms with van der Waals surface area (Å²) in [5.74, 6) is -0.108. The number of urea groups is 1. The molecule has 2 heterocycles. The molecule has 3 rings (SSSR count). The molecular weight excluding hydrogens is 403 g/mol. The summed E-state index contributed by atoms with van der Waals surface area (Å²) in [5, 5.41) is 4.54. The van der Waals surface area contributed by atoms with Gasteiger partial charge in [-0.15, -0.1) is 0 Å². The lowest BCUT2D eigenvalue weighted by Gasteiger charge is -2.24. The van der Waals surface area contributed by atoms with Gasteiger partial charge in [0.15, 0.2) is 0 Å². The monoisotopic (exact) mass is 425 g/mol. The Balaban J connectivity index is 1.53. The predicted molar refractivity (Wildman–Crippen MR) is 101 cm³/mol. The van der Waals surface area contributed by atoms with Gasteiger partial charge in [-0.2, -0.15) is 13.2 Å². The van der Waals surface area contributed by atoms with Gasteiger partial charge in [0.2, 0.25) is 5.91 Å². The molecule has 1 saturated heterocycles. The molecule has 1 atom stereocenters. The molecule has 30 heavy (non-hydrogen) atoms. The van der Waals surface area contributed by atoms with Gasteiger partial charge < -0.3 is 24.7 Å². The Morgan fingerprint density at radius 1 is 1.20 bits per heavy atom. The highest BCUT2D eigenvalue weighted by atomic mass is 19.4. The van der Waals surface area contributed by atoms with Crippen molar-refractivity contribution in [1.29, 1.82) is 0 Å². The van der Waals surface area contributed by atoms with Crippen molar-refractivity contribution in [3.63, 3.8) is 0 Å². The van der Waals surface area contributed by atoms with Crippen molar-refractivity contribution in [3.05, 3.63) is 54.0 Å². The Labute approximate surface area is 171 Å². The van der Waals surface area contributed by atoms with Crippen LogP contribution < -0.4 is 10.6 Å². The van der Waals surface area contributed by atoms with Gasteiger partial charge in [0.25, 0.3) is 0 Å². The second-order valence-electron chi connectivity index (χ2n) is 6.89. The molecule has 2 N–H and O–H groups in total. The van der Waals surface area contributed by atoms with E-state index in [9.17, 15) is 22.8 Å². The number of hydrogen-bond donors (Lipinski definition) is 2.